The molecule has 0 saturated carbocycles. The molecule has 11 heteroatoms. The summed E-state index contributed by atoms with van der Waals surface area (Å²) in [7, 11) is -3.75. The van der Waals surface area contributed by atoms with E-state index in [0.717, 1.165) is 43.1 Å². The second-order valence-electron chi connectivity index (χ2n) is 8.19. The Morgan fingerprint density at radius 2 is 1.76 bits per heavy atom. The normalized spacial score (nSPS) is 17.5. The number of benzene rings is 2. The highest BCUT2D eigenvalue weighted by molar-refractivity contribution is 7.89. The number of nitrogens with zero attached hydrogens (tertiary/aromatic N) is 3. The Morgan fingerprint density at radius 3 is 2.42 bits per heavy atom. The minimum absolute atomic E-state index is 0.00921. The van der Waals surface area contributed by atoms with Gasteiger partial charge in [-0.25, -0.2) is 8.42 Å². The molecule has 0 radical (unpaired) electrons. The van der Waals surface area contributed by atoms with E-state index >= 15 is 0 Å². The number of hydrogen-bond acceptors (Lipinski definition) is 7. The van der Waals surface area contributed by atoms with Gasteiger partial charge in [-0.3, -0.25) is 14.9 Å². The first-order valence-electron chi connectivity index (χ1n) is 11.0. The lowest BCUT2D eigenvalue weighted by Gasteiger charge is -2.28. The number of carbonyl (C=O) groups is 1. The second-order valence-corrected chi connectivity index (χ2v) is 10.1. The van der Waals surface area contributed by atoms with Crippen molar-refractivity contribution < 1.29 is 18.1 Å². The first kappa shape index (κ1) is 23.0. The molecule has 2 heterocycles. The second kappa shape index (κ2) is 9.75. The highest BCUT2D eigenvalue weighted by Gasteiger charge is 2.28. The summed E-state index contributed by atoms with van der Waals surface area (Å²) in [4.78, 5) is 24.6. The van der Waals surface area contributed by atoms with Crippen LogP contribution in [0.15, 0.2) is 47.4 Å². The first-order chi connectivity index (χ1) is 15.8. The molecule has 0 bridgehead atoms. The van der Waals surface area contributed by atoms with E-state index in [-0.39, 0.29) is 22.2 Å². The number of anilines is 2. The lowest BCUT2D eigenvalue weighted by Crippen LogP contribution is -2.47. The molecule has 2 aromatic carbocycles. The predicted molar refractivity (Wildman–Crippen MR) is 125 cm³/mol. The molecule has 0 unspecified atom stereocenters. The van der Waals surface area contributed by atoms with Crippen molar-refractivity contribution in [3.63, 3.8) is 0 Å². The Labute approximate surface area is 192 Å². The number of carbonyl (C=O) groups excluding carboxylic acids is 1. The van der Waals surface area contributed by atoms with Crippen LogP contribution < -0.4 is 15.5 Å². The zero-order valence-electron chi connectivity index (χ0n) is 18.2. The van der Waals surface area contributed by atoms with Gasteiger partial charge in [-0.15, -0.1) is 0 Å². The molecule has 1 amide bonds. The molecular weight excluding hydrogens is 446 g/mol. The van der Waals surface area contributed by atoms with Gasteiger partial charge < -0.3 is 15.5 Å². The van der Waals surface area contributed by atoms with Crippen LogP contribution in [-0.4, -0.2) is 56.3 Å². The number of sulfonamides is 1. The monoisotopic (exact) mass is 473 g/mol. The fourth-order valence-corrected chi connectivity index (χ4v) is 5.65. The van der Waals surface area contributed by atoms with Crippen LogP contribution in [0.25, 0.3) is 0 Å². The molecule has 2 aromatic rings. The van der Waals surface area contributed by atoms with Crippen molar-refractivity contribution in [1.82, 2.24) is 9.62 Å². The molecular formula is C22H27N5O5S. The molecule has 2 aliphatic rings. The number of hydrogen-bond donors (Lipinski definition) is 2. The van der Waals surface area contributed by atoms with E-state index in [4.69, 9.17) is 0 Å². The van der Waals surface area contributed by atoms with Gasteiger partial charge in [-0.2, -0.15) is 4.31 Å². The zero-order valence-corrected chi connectivity index (χ0v) is 19.0. The van der Waals surface area contributed by atoms with Gasteiger partial charge in [-0.1, -0.05) is 18.6 Å². The predicted octanol–water partition coefficient (Wildman–Crippen LogP) is 2.32. The molecule has 0 aliphatic carbocycles. The van der Waals surface area contributed by atoms with Gasteiger partial charge in [0.2, 0.25) is 15.9 Å². The average Bonchev–Trinajstić information content (AvgIpc) is 2.83. The van der Waals surface area contributed by atoms with Crippen LogP contribution in [0.1, 0.15) is 24.8 Å². The maximum absolute atomic E-state index is 12.9. The van der Waals surface area contributed by atoms with E-state index < -0.39 is 14.9 Å². The Bertz CT molecular complexity index is 1130. The minimum Gasteiger partial charge on any atom is -0.375 e. The van der Waals surface area contributed by atoms with Gasteiger partial charge in [0.15, 0.2) is 0 Å². The molecule has 4 rings (SSSR count). The van der Waals surface area contributed by atoms with Gasteiger partial charge in [0.1, 0.15) is 5.69 Å². The third-order valence-electron chi connectivity index (χ3n) is 5.94. The summed E-state index contributed by atoms with van der Waals surface area (Å²) in [5, 5.41) is 17.5. The molecule has 0 spiro atoms. The largest absolute Gasteiger partial charge is 0.375 e. The lowest BCUT2D eigenvalue weighted by molar-refractivity contribution is -0.384. The Kier molecular flexibility index (Phi) is 6.80. The molecule has 2 saturated heterocycles. The molecule has 2 fully saturated rings. The van der Waals surface area contributed by atoms with Gasteiger partial charge >= 0.3 is 0 Å². The van der Waals surface area contributed by atoms with Crippen LogP contribution in [0.3, 0.4) is 0 Å². The number of nitrogens with one attached hydrogen (secondary N) is 2. The number of piperazine rings is 1. The van der Waals surface area contributed by atoms with Crippen LogP contribution >= 0.6 is 0 Å². The zero-order chi connectivity index (χ0) is 23.4. The summed E-state index contributed by atoms with van der Waals surface area (Å²) in [6, 6.07) is 11.6. The number of piperidine rings is 1. The first-order valence-corrected chi connectivity index (χ1v) is 12.4. The summed E-state index contributed by atoms with van der Waals surface area (Å²) >= 11 is 0. The van der Waals surface area contributed by atoms with Gasteiger partial charge in [-0.05, 0) is 42.7 Å². The average molecular weight is 474 g/mol. The molecule has 33 heavy (non-hydrogen) atoms. The quantitative estimate of drug-likeness (QED) is 0.467. The van der Waals surface area contributed by atoms with E-state index in [9.17, 15) is 23.3 Å². The summed E-state index contributed by atoms with van der Waals surface area (Å²) in [6.45, 7) is 2.87. The number of amides is 1. The summed E-state index contributed by atoms with van der Waals surface area (Å²) in [5.41, 5.74) is 1.82. The molecule has 176 valence electrons. The van der Waals surface area contributed by atoms with Crippen LogP contribution in [0.5, 0.6) is 0 Å². The van der Waals surface area contributed by atoms with Gasteiger partial charge in [0.25, 0.3) is 5.69 Å². The standard InChI is InChI=1S/C22H27N5O5S/c28-22-16-25(13-10-23-22)18-6-4-17(5-7-18)15-24-20-9-8-19(14-21(20)27(29)30)33(31,32)26-11-2-1-3-12-26/h4-9,14,24H,1-3,10-13,15-16H2,(H,23,28). The Morgan fingerprint density at radius 1 is 1.03 bits per heavy atom. The SMILES string of the molecule is O=C1CN(c2ccc(CNc3ccc(S(=O)(=O)N4CCCCC4)cc3[N+](=O)[O-])cc2)CCN1. The van der Waals surface area contributed by atoms with Crippen LogP contribution in [0.2, 0.25) is 0 Å². The van der Waals surface area contributed by atoms with Gasteiger partial charge in [0.05, 0.1) is 16.4 Å². The summed E-state index contributed by atoms with van der Waals surface area (Å²) in [5.74, 6) is -0.00921. The van der Waals surface area contributed by atoms with Gasteiger partial charge in [0, 0.05) is 44.5 Å². The maximum atomic E-state index is 12.9. The number of nitro benzene ring substituents is 1. The third kappa shape index (κ3) is 5.25. The Hall–Kier alpha value is -3.18. The van der Waals surface area contributed by atoms with Crippen LogP contribution in [0, 0.1) is 10.1 Å². The van der Waals surface area contributed by atoms with Crippen LogP contribution in [0.4, 0.5) is 17.1 Å². The molecule has 0 aromatic heterocycles. The lowest BCUT2D eigenvalue weighted by atomic mass is 10.1. The highest BCUT2D eigenvalue weighted by Crippen LogP contribution is 2.30. The number of nitro groups is 1. The van der Waals surface area contributed by atoms with E-state index in [1.165, 1.54) is 16.4 Å². The fraction of sp³-hybridized carbons (Fsp3) is 0.409. The fourth-order valence-electron chi connectivity index (χ4n) is 4.11. The maximum Gasteiger partial charge on any atom is 0.293 e. The van der Waals surface area contributed by atoms with E-state index in [2.05, 4.69) is 10.6 Å². The summed E-state index contributed by atoms with van der Waals surface area (Å²) in [6.07, 6.45) is 2.58. The number of rotatable bonds is 7. The topological polar surface area (TPSA) is 125 Å². The smallest absolute Gasteiger partial charge is 0.293 e. The van der Waals surface area contributed by atoms with E-state index in [1.54, 1.807) is 0 Å². The van der Waals surface area contributed by atoms with Crippen LogP contribution in [-0.2, 0) is 21.4 Å². The van der Waals surface area contributed by atoms with Crippen molar-refractivity contribution in [1.29, 1.82) is 0 Å². The minimum atomic E-state index is -3.75. The van der Waals surface area contributed by atoms with E-state index in [0.29, 0.717) is 32.7 Å². The van der Waals surface area contributed by atoms with Crippen molar-refractivity contribution in [2.45, 2.75) is 30.7 Å². The van der Waals surface area contributed by atoms with Crippen molar-refractivity contribution in [2.24, 2.45) is 0 Å². The van der Waals surface area contributed by atoms with Crippen molar-refractivity contribution in [3.05, 3.63) is 58.1 Å². The van der Waals surface area contributed by atoms with Crippen molar-refractivity contribution in [3.8, 4) is 0 Å². The van der Waals surface area contributed by atoms with E-state index in [1.807, 2.05) is 29.2 Å². The van der Waals surface area contributed by atoms with Crippen molar-refractivity contribution >= 4 is 33.0 Å². The molecule has 10 nitrogen and oxygen atoms in total. The molecule has 2 aliphatic heterocycles. The highest BCUT2D eigenvalue weighted by atomic mass is 32.2. The Balaban J connectivity index is 1.46. The summed E-state index contributed by atoms with van der Waals surface area (Å²) < 4.78 is 27.2. The van der Waals surface area contributed by atoms with Crippen molar-refractivity contribution in [2.75, 3.05) is 42.9 Å². The third-order valence-corrected chi connectivity index (χ3v) is 7.84. The molecule has 2 N–H and O–H groups in total. The molecule has 0 atom stereocenters.